The summed E-state index contributed by atoms with van der Waals surface area (Å²) in [5.41, 5.74) is 8.53. The maximum absolute atomic E-state index is 11.0. The van der Waals surface area contributed by atoms with Gasteiger partial charge in [0.15, 0.2) is 0 Å². The number of nitrogens with one attached hydrogen (secondary N) is 1. The van der Waals surface area contributed by atoms with Gasteiger partial charge in [-0.25, -0.2) is 15.8 Å². The molecule has 0 aliphatic heterocycles. The minimum Gasteiger partial charge on any atom is -0.368 e. The number of nitrogens with two attached hydrogens (primary N) is 2. The van der Waals surface area contributed by atoms with Crippen LogP contribution in [0.3, 0.4) is 0 Å². The molecule has 0 atom stereocenters. The van der Waals surface area contributed by atoms with E-state index in [2.05, 4.69) is 15.4 Å². The molecular formula is C11H20N6O. The zero-order chi connectivity index (χ0) is 13.7. The first-order valence-electron chi connectivity index (χ1n) is 5.83. The maximum atomic E-state index is 11.0. The molecule has 1 rings (SSSR count). The van der Waals surface area contributed by atoms with Crippen molar-refractivity contribution in [3.63, 3.8) is 0 Å². The Labute approximate surface area is 107 Å². The molecule has 0 spiro atoms. The second-order valence-corrected chi connectivity index (χ2v) is 4.15. The van der Waals surface area contributed by atoms with Crippen LogP contribution in [-0.2, 0) is 11.2 Å². The van der Waals surface area contributed by atoms with Gasteiger partial charge in [0, 0.05) is 19.0 Å². The van der Waals surface area contributed by atoms with Crippen molar-refractivity contribution in [1.82, 2.24) is 9.97 Å². The maximum Gasteiger partial charge on any atom is 0.236 e. The van der Waals surface area contributed by atoms with E-state index in [1.165, 1.54) is 0 Å². The van der Waals surface area contributed by atoms with E-state index in [1.54, 1.807) is 11.9 Å². The number of hydrogen-bond acceptors (Lipinski definition) is 6. The molecule has 7 nitrogen and oxygen atoms in total. The van der Waals surface area contributed by atoms with Gasteiger partial charge in [0.25, 0.3) is 0 Å². The van der Waals surface area contributed by atoms with Crippen LogP contribution in [0.2, 0.25) is 0 Å². The minimum atomic E-state index is -0.408. The standard InChI is InChI=1S/C11H20N6O/c1-4-5-9-14-10(16-13)7(2)11(15-9)17(3)6-8(12)18/h4-6,13H2,1-3H3,(H2,12,18)(H,14,15,16). The van der Waals surface area contributed by atoms with Gasteiger partial charge in [-0.1, -0.05) is 6.92 Å². The molecule has 0 aliphatic rings. The molecule has 1 aromatic heterocycles. The third-order valence-electron chi connectivity index (χ3n) is 2.53. The van der Waals surface area contributed by atoms with Gasteiger partial charge < -0.3 is 16.1 Å². The lowest BCUT2D eigenvalue weighted by molar-refractivity contribution is -0.116. The monoisotopic (exact) mass is 252 g/mol. The predicted molar refractivity (Wildman–Crippen MR) is 71.0 cm³/mol. The van der Waals surface area contributed by atoms with Crippen LogP contribution < -0.4 is 21.9 Å². The Kier molecular flexibility index (Phi) is 4.85. The van der Waals surface area contributed by atoms with E-state index >= 15 is 0 Å². The average Bonchev–Trinajstić information content (AvgIpc) is 2.30. The SMILES string of the molecule is CCCc1nc(NN)c(C)c(N(C)CC(N)=O)n1. The zero-order valence-corrected chi connectivity index (χ0v) is 11.0. The summed E-state index contributed by atoms with van der Waals surface area (Å²) < 4.78 is 0. The molecule has 0 aliphatic carbocycles. The Morgan fingerprint density at radius 3 is 2.61 bits per heavy atom. The molecule has 0 radical (unpaired) electrons. The second kappa shape index (κ2) is 6.15. The number of carbonyl (C=O) groups is 1. The van der Waals surface area contributed by atoms with E-state index in [4.69, 9.17) is 11.6 Å². The van der Waals surface area contributed by atoms with Gasteiger partial charge in [-0.2, -0.15) is 0 Å². The Morgan fingerprint density at radius 2 is 2.11 bits per heavy atom. The number of rotatable bonds is 6. The highest BCUT2D eigenvalue weighted by atomic mass is 16.1. The summed E-state index contributed by atoms with van der Waals surface area (Å²) in [6.07, 6.45) is 1.69. The summed E-state index contributed by atoms with van der Waals surface area (Å²) in [6, 6.07) is 0. The summed E-state index contributed by atoms with van der Waals surface area (Å²) >= 11 is 0. The number of anilines is 2. The van der Waals surface area contributed by atoms with Gasteiger partial charge in [0.1, 0.15) is 17.5 Å². The van der Waals surface area contributed by atoms with Gasteiger partial charge in [-0.05, 0) is 13.3 Å². The van der Waals surface area contributed by atoms with Crippen LogP contribution in [0.1, 0.15) is 24.7 Å². The number of nitrogen functional groups attached to an aromatic ring is 1. The first-order chi connectivity index (χ1) is 8.49. The number of aromatic nitrogens is 2. The van der Waals surface area contributed by atoms with Gasteiger partial charge >= 0.3 is 0 Å². The van der Waals surface area contributed by atoms with Crippen molar-refractivity contribution in [2.24, 2.45) is 11.6 Å². The van der Waals surface area contributed by atoms with E-state index in [-0.39, 0.29) is 6.54 Å². The van der Waals surface area contributed by atoms with Crippen LogP contribution in [0.4, 0.5) is 11.6 Å². The lowest BCUT2D eigenvalue weighted by atomic mass is 10.2. The number of likely N-dealkylation sites (N-methyl/N-ethyl adjacent to an activating group) is 1. The largest absolute Gasteiger partial charge is 0.368 e. The molecule has 1 amide bonds. The lowest BCUT2D eigenvalue weighted by Crippen LogP contribution is -2.32. The van der Waals surface area contributed by atoms with Gasteiger partial charge in [0.05, 0.1) is 6.54 Å². The van der Waals surface area contributed by atoms with Crippen LogP contribution in [-0.4, -0.2) is 29.5 Å². The average molecular weight is 252 g/mol. The van der Waals surface area contributed by atoms with E-state index in [0.29, 0.717) is 17.5 Å². The number of hydrogen-bond donors (Lipinski definition) is 3. The first kappa shape index (κ1) is 14.2. The fraction of sp³-hybridized carbons (Fsp3) is 0.545. The van der Waals surface area contributed by atoms with Crippen LogP contribution in [0.5, 0.6) is 0 Å². The molecule has 0 unspecified atom stereocenters. The molecule has 1 heterocycles. The summed E-state index contributed by atoms with van der Waals surface area (Å²) in [7, 11) is 1.76. The van der Waals surface area contributed by atoms with E-state index in [1.807, 2.05) is 13.8 Å². The van der Waals surface area contributed by atoms with Crippen molar-refractivity contribution in [1.29, 1.82) is 0 Å². The van der Waals surface area contributed by atoms with E-state index in [0.717, 1.165) is 18.4 Å². The smallest absolute Gasteiger partial charge is 0.236 e. The molecule has 0 aromatic carbocycles. The fourth-order valence-electron chi connectivity index (χ4n) is 1.71. The molecule has 100 valence electrons. The number of aryl methyl sites for hydroxylation is 1. The first-order valence-corrected chi connectivity index (χ1v) is 5.83. The number of carbonyl (C=O) groups excluding carboxylic acids is 1. The summed E-state index contributed by atoms with van der Waals surface area (Å²) in [4.78, 5) is 21.4. The Hall–Kier alpha value is -1.89. The summed E-state index contributed by atoms with van der Waals surface area (Å²) in [5.74, 6) is 6.96. The van der Waals surface area contributed by atoms with Crippen molar-refractivity contribution in [2.75, 3.05) is 23.9 Å². The van der Waals surface area contributed by atoms with Crippen molar-refractivity contribution in [2.45, 2.75) is 26.7 Å². The summed E-state index contributed by atoms with van der Waals surface area (Å²) in [6.45, 7) is 4.00. The molecule has 0 bridgehead atoms. The quantitative estimate of drug-likeness (QED) is 0.483. The van der Waals surface area contributed by atoms with E-state index in [9.17, 15) is 4.79 Å². The van der Waals surface area contributed by atoms with Crippen LogP contribution >= 0.6 is 0 Å². The van der Waals surface area contributed by atoms with Gasteiger partial charge in [-0.3, -0.25) is 4.79 Å². The second-order valence-electron chi connectivity index (χ2n) is 4.15. The molecular weight excluding hydrogens is 232 g/mol. The molecule has 7 heteroatoms. The van der Waals surface area contributed by atoms with Crippen molar-refractivity contribution < 1.29 is 4.79 Å². The Balaban J connectivity index is 3.15. The normalized spacial score (nSPS) is 10.2. The third kappa shape index (κ3) is 3.30. The molecule has 18 heavy (non-hydrogen) atoms. The molecule has 1 aromatic rings. The Morgan fingerprint density at radius 1 is 1.44 bits per heavy atom. The Bertz CT molecular complexity index is 434. The number of nitrogens with zero attached hydrogens (tertiary/aromatic N) is 3. The number of amides is 1. The highest BCUT2D eigenvalue weighted by molar-refractivity contribution is 5.79. The van der Waals surface area contributed by atoms with Crippen molar-refractivity contribution >= 4 is 17.5 Å². The zero-order valence-electron chi connectivity index (χ0n) is 11.0. The summed E-state index contributed by atoms with van der Waals surface area (Å²) in [5, 5.41) is 0. The molecule has 0 saturated carbocycles. The van der Waals surface area contributed by atoms with Crippen LogP contribution in [0.25, 0.3) is 0 Å². The van der Waals surface area contributed by atoms with E-state index < -0.39 is 5.91 Å². The molecule has 0 saturated heterocycles. The molecule has 0 fully saturated rings. The van der Waals surface area contributed by atoms with Crippen molar-refractivity contribution in [3.8, 4) is 0 Å². The lowest BCUT2D eigenvalue weighted by Gasteiger charge is -2.20. The van der Waals surface area contributed by atoms with Crippen LogP contribution in [0.15, 0.2) is 0 Å². The van der Waals surface area contributed by atoms with Gasteiger partial charge in [-0.15, -0.1) is 0 Å². The number of primary amides is 1. The van der Waals surface area contributed by atoms with Crippen molar-refractivity contribution in [3.05, 3.63) is 11.4 Å². The topological polar surface area (TPSA) is 110 Å². The highest BCUT2D eigenvalue weighted by Gasteiger charge is 2.14. The number of hydrazine groups is 1. The predicted octanol–water partition coefficient (Wildman–Crippen LogP) is -0.0554. The fourth-order valence-corrected chi connectivity index (χ4v) is 1.71. The van der Waals surface area contributed by atoms with Gasteiger partial charge in [0.2, 0.25) is 5.91 Å². The third-order valence-corrected chi connectivity index (χ3v) is 2.53. The molecule has 5 N–H and O–H groups in total. The minimum absolute atomic E-state index is 0.105. The highest BCUT2D eigenvalue weighted by Crippen LogP contribution is 2.22. The van der Waals surface area contributed by atoms with Crippen LogP contribution in [0, 0.1) is 6.92 Å².